The van der Waals surface area contributed by atoms with Crippen LogP contribution in [0.5, 0.6) is 5.75 Å². The van der Waals surface area contributed by atoms with Crippen LogP contribution < -0.4 is 4.74 Å². The monoisotopic (exact) mass is 381 g/mol. The fraction of sp³-hybridized carbons (Fsp3) is 0.571. The predicted molar refractivity (Wildman–Crippen MR) is 79.8 cm³/mol. The number of alkyl halides is 2. The van der Waals surface area contributed by atoms with Gasteiger partial charge in [-0.15, -0.1) is 0 Å². The number of likely N-dealkylation sites (tertiary alicyclic amines) is 1. The van der Waals surface area contributed by atoms with Gasteiger partial charge in [0.15, 0.2) is 0 Å². The zero-order chi connectivity index (χ0) is 13.7. The molecule has 1 fully saturated rings. The minimum absolute atomic E-state index is 0.0926. The van der Waals surface area contributed by atoms with E-state index < -0.39 is 6.43 Å². The van der Waals surface area contributed by atoms with Crippen LogP contribution in [0.2, 0.25) is 0 Å². The van der Waals surface area contributed by atoms with Crippen molar-refractivity contribution in [3.05, 3.63) is 27.8 Å². The summed E-state index contributed by atoms with van der Waals surface area (Å²) in [6, 6.07) is 7.96. The highest BCUT2D eigenvalue weighted by Gasteiger charge is 2.21. The molecular weight excluding hydrogens is 363 g/mol. The molecule has 19 heavy (non-hydrogen) atoms. The minimum Gasteiger partial charge on any atom is -0.493 e. The fourth-order valence-corrected chi connectivity index (χ4v) is 2.64. The highest BCUT2D eigenvalue weighted by molar-refractivity contribution is 14.1. The number of benzene rings is 1. The molecule has 1 aliphatic heterocycles. The van der Waals surface area contributed by atoms with Gasteiger partial charge in [-0.25, -0.2) is 8.78 Å². The normalized spacial score (nSPS) is 17.9. The van der Waals surface area contributed by atoms with Crippen molar-refractivity contribution in [2.75, 3.05) is 26.2 Å². The second-order valence-corrected chi connectivity index (χ2v) is 6.15. The molecule has 0 bridgehead atoms. The smallest absolute Gasteiger partial charge is 0.251 e. The van der Waals surface area contributed by atoms with E-state index in [9.17, 15) is 8.78 Å². The Labute approximate surface area is 126 Å². The topological polar surface area (TPSA) is 12.5 Å². The van der Waals surface area contributed by atoms with Gasteiger partial charge in [0.25, 0.3) is 6.43 Å². The summed E-state index contributed by atoms with van der Waals surface area (Å²) in [7, 11) is 0. The lowest BCUT2D eigenvalue weighted by molar-refractivity contribution is 0.0620. The average Bonchev–Trinajstić information content (AvgIpc) is 2.39. The van der Waals surface area contributed by atoms with Crippen LogP contribution in [-0.4, -0.2) is 37.6 Å². The maximum absolute atomic E-state index is 12.3. The Balaban J connectivity index is 1.69. The Morgan fingerprint density at radius 2 is 1.84 bits per heavy atom. The Morgan fingerprint density at radius 1 is 1.21 bits per heavy atom. The maximum atomic E-state index is 12.3. The van der Waals surface area contributed by atoms with Gasteiger partial charge in [-0.05, 0) is 78.7 Å². The third-order valence-corrected chi connectivity index (χ3v) is 4.12. The van der Waals surface area contributed by atoms with Gasteiger partial charge in [0.2, 0.25) is 0 Å². The lowest BCUT2D eigenvalue weighted by Gasteiger charge is -2.31. The fourth-order valence-electron chi connectivity index (χ4n) is 2.28. The Hall–Kier alpha value is -0.430. The molecule has 0 N–H and O–H groups in total. The maximum Gasteiger partial charge on any atom is 0.251 e. The molecule has 2 rings (SSSR count). The number of halogens is 3. The molecule has 106 valence electrons. The van der Waals surface area contributed by atoms with E-state index in [1.807, 2.05) is 29.2 Å². The summed E-state index contributed by atoms with van der Waals surface area (Å²) in [6.45, 7) is 2.10. The number of nitrogens with zero attached hydrogens (tertiary/aromatic N) is 1. The Bertz CT molecular complexity index is 378. The summed E-state index contributed by atoms with van der Waals surface area (Å²) in [5, 5.41) is 0. The first-order valence-electron chi connectivity index (χ1n) is 6.52. The van der Waals surface area contributed by atoms with E-state index in [4.69, 9.17) is 4.74 Å². The summed E-state index contributed by atoms with van der Waals surface area (Å²) in [6.07, 6.45) is -0.339. The van der Waals surface area contributed by atoms with Crippen molar-refractivity contribution in [2.24, 2.45) is 5.92 Å². The minimum atomic E-state index is -2.22. The van der Waals surface area contributed by atoms with E-state index in [2.05, 4.69) is 22.6 Å². The number of ether oxygens (including phenoxy) is 1. The number of rotatable bonds is 5. The van der Waals surface area contributed by atoms with E-state index >= 15 is 0 Å². The van der Waals surface area contributed by atoms with E-state index in [1.165, 1.54) is 3.57 Å². The molecule has 0 atom stereocenters. The molecule has 1 aromatic rings. The quantitative estimate of drug-likeness (QED) is 0.723. The van der Waals surface area contributed by atoms with Crippen molar-refractivity contribution in [3.8, 4) is 5.75 Å². The van der Waals surface area contributed by atoms with Crippen molar-refractivity contribution in [2.45, 2.75) is 19.3 Å². The molecule has 0 amide bonds. The first-order valence-corrected chi connectivity index (χ1v) is 7.60. The summed E-state index contributed by atoms with van der Waals surface area (Å²) >= 11 is 2.26. The van der Waals surface area contributed by atoms with Crippen LogP contribution >= 0.6 is 22.6 Å². The summed E-state index contributed by atoms with van der Waals surface area (Å²) < 4.78 is 31.4. The van der Waals surface area contributed by atoms with Crippen molar-refractivity contribution in [3.63, 3.8) is 0 Å². The molecule has 5 heteroatoms. The van der Waals surface area contributed by atoms with Crippen molar-refractivity contribution in [1.29, 1.82) is 0 Å². The van der Waals surface area contributed by atoms with Crippen molar-refractivity contribution in [1.82, 2.24) is 4.90 Å². The lowest BCUT2D eigenvalue weighted by Crippen LogP contribution is -2.38. The first-order chi connectivity index (χ1) is 9.13. The predicted octanol–water partition coefficient (Wildman–Crippen LogP) is 3.65. The van der Waals surface area contributed by atoms with Gasteiger partial charge in [-0.3, -0.25) is 4.90 Å². The van der Waals surface area contributed by atoms with E-state index in [0.29, 0.717) is 12.5 Å². The van der Waals surface area contributed by atoms with Crippen LogP contribution in [0.15, 0.2) is 24.3 Å². The lowest BCUT2D eigenvalue weighted by atomic mass is 9.98. The molecule has 1 saturated heterocycles. The van der Waals surface area contributed by atoms with Crippen LogP contribution in [0.4, 0.5) is 8.78 Å². The molecule has 0 aliphatic carbocycles. The van der Waals surface area contributed by atoms with Gasteiger partial charge in [0.05, 0.1) is 13.2 Å². The molecule has 0 unspecified atom stereocenters. The highest BCUT2D eigenvalue weighted by atomic mass is 127. The Morgan fingerprint density at radius 3 is 2.42 bits per heavy atom. The number of hydrogen-bond donors (Lipinski definition) is 0. The second-order valence-electron chi connectivity index (χ2n) is 4.90. The van der Waals surface area contributed by atoms with Gasteiger partial charge in [-0.2, -0.15) is 0 Å². The molecule has 1 heterocycles. The van der Waals surface area contributed by atoms with Crippen LogP contribution in [0.3, 0.4) is 0 Å². The van der Waals surface area contributed by atoms with Gasteiger partial charge >= 0.3 is 0 Å². The van der Waals surface area contributed by atoms with Gasteiger partial charge < -0.3 is 4.74 Å². The van der Waals surface area contributed by atoms with Crippen LogP contribution in [0, 0.1) is 9.49 Å². The van der Waals surface area contributed by atoms with Crippen molar-refractivity contribution < 1.29 is 13.5 Å². The van der Waals surface area contributed by atoms with E-state index in [-0.39, 0.29) is 6.54 Å². The zero-order valence-electron chi connectivity index (χ0n) is 10.7. The van der Waals surface area contributed by atoms with Crippen LogP contribution in [0.1, 0.15) is 12.8 Å². The average molecular weight is 381 g/mol. The Kier molecular flexibility index (Phi) is 5.81. The third-order valence-electron chi connectivity index (χ3n) is 3.40. The largest absolute Gasteiger partial charge is 0.493 e. The molecule has 0 aromatic heterocycles. The number of piperidine rings is 1. The third kappa shape index (κ3) is 5.22. The summed E-state index contributed by atoms with van der Waals surface area (Å²) in [5.74, 6) is 1.36. The zero-order valence-corrected chi connectivity index (χ0v) is 12.9. The first kappa shape index (κ1) is 15.0. The highest BCUT2D eigenvalue weighted by Crippen LogP contribution is 2.20. The summed E-state index contributed by atoms with van der Waals surface area (Å²) in [4.78, 5) is 1.84. The van der Waals surface area contributed by atoms with Gasteiger partial charge in [0.1, 0.15) is 5.75 Å². The van der Waals surface area contributed by atoms with Crippen LogP contribution in [-0.2, 0) is 0 Å². The van der Waals surface area contributed by atoms with Crippen molar-refractivity contribution >= 4 is 22.6 Å². The molecule has 0 spiro atoms. The van der Waals surface area contributed by atoms with E-state index in [1.54, 1.807) is 0 Å². The standard InChI is InChI=1S/C14H18F2INO/c15-14(16)9-18-7-5-11(6-8-18)10-19-13-3-1-12(17)2-4-13/h1-4,11,14H,5-10H2. The molecule has 0 radical (unpaired) electrons. The summed E-state index contributed by atoms with van der Waals surface area (Å²) in [5.41, 5.74) is 0. The second kappa shape index (κ2) is 7.38. The molecule has 1 aromatic carbocycles. The number of hydrogen-bond acceptors (Lipinski definition) is 2. The SMILES string of the molecule is FC(F)CN1CCC(COc2ccc(I)cc2)CC1. The van der Waals surface area contributed by atoms with E-state index in [0.717, 1.165) is 31.7 Å². The molecule has 2 nitrogen and oxygen atoms in total. The van der Waals surface area contributed by atoms with Crippen LogP contribution in [0.25, 0.3) is 0 Å². The molecular formula is C14H18F2INO. The van der Waals surface area contributed by atoms with Gasteiger partial charge in [-0.1, -0.05) is 0 Å². The molecule has 0 saturated carbocycles. The van der Waals surface area contributed by atoms with Gasteiger partial charge in [0, 0.05) is 3.57 Å². The molecule has 1 aliphatic rings.